The molecule has 0 aliphatic carbocycles. The SMILES string of the molecule is CCN(Cc1ccccc1)C(=O)[C@H](C)N1CCCN(S(=O)(=O)c2ccc(C)cc2)CC1. The lowest BCUT2D eigenvalue weighted by molar-refractivity contribution is -0.136. The lowest BCUT2D eigenvalue weighted by Crippen LogP contribution is -2.48. The van der Waals surface area contributed by atoms with Gasteiger partial charge in [0.2, 0.25) is 15.9 Å². The number of rotatable bonds is 7. The molecule has 1 fully saturated rings. The molecule has 7 heteroatoms. The van der Waals surface area contributed by atoms with E-state index in [2.05, 4.69) is 4.90 Å². The predicted octanol–water partition coefficient (Wildman–Crippen LogP) is 3.13. The highest BCUT2D eigenvalue weighted by molar-refractivity contribution is 7.89. The van der Waals surface area contributed by atoms with Crippen LogP contribution in [0.25, 0.3) is 0 Å². The summed E-state index contributed by atoms with van der Waals surface area (Å²) >= 11 is 0. The number of likely N-dealkylation sites (N-methyl/N-ethyl adjacent to an activating group) is 1. The maximum absolute atomic E-state index is 13.2. The van der Waals surface area contributed by atoms with E-state index in [9.17, 15) is 13.2 Å². The van der Waals surface area contributed by atoms with Crippen molar-refractivity contribution in [2.75, 3.05) is 32.7 Å². The monoisotopic (exact) mass is 443 g/mol. The fourth-order valence-electron chi connectivity index (χ4n) is 3.97. The molecule has 0 radical (unpaired) electrons. The van der Waals surface area contributed by atoms with Crippen LogP contribution in [0.1, 0.15) is 31.4 Å². The molecule has 168 valence electrons. The maximum Gasteiger partial charge on any atom is 0.243 e. The number of carbonyl (C=O) groups excluding carboxylic acids is 1. The van der Waals surface area contributed by atoms with Gasteiger partial charge < -0.3 is 4.90 Å². The molecule has 2 aromatic rings. The van der Waals surface area contributed by atoms with Gasteiger partial charge in [0.1, 0.15) is 0 Å². The van der Waals surface area contributed by atoms with Crippen LogP contribution in [0, 0.1) is 6.92 Å². The van der Waals surface area contributed by atoms with Crippen molar-refractivity contribution in [1.82, 2.24) is 14.1 Å². The first-order valence-electron chi connectivity index (χ1n) is 11.0. The number of benzene rings is 2. The van der Waals surface area contributed by atoms with E-state index in [4.69, 9.17) is 0 Å². The summed E-state index contributed by atoms with van der Waals surface area (Å²) in [6, 6.07) is 16.7. The van der Waals surface area contributed by atoms with Crippen LogP contribution >= 0.6 is 0 Å². The van der Waals surface area contributed by atoms with E-state index in [1.807, 2.05) is 68.1 Å². The summed E-state index contributed by atoms with van der Waals surface area (Å²) in [7, 11) is -3.52. The zero-order valence-corrected chi connectivity index (χ0v) is 19.5. The van der Waals surface area contributed by atoms with Crippen LogP contribution in [0.4, 0.5) is 0 Å². The van der Waals surface area contributed by atoms with Crippen molar-refractivity contribution >= 4 is 15.9 Å². The van der Waals surface area contributed by atoms with Crippen molar-refractivity contribution in [2.24, 2.45) is 0 Å². The number of aryl methyl sites for hydroxylation is 1. The summed E-state index contributed by atoms with van der Waals surface area (Å²) in [4.78, 5) is 17.5. The van der Waals surface area contributed by atoms with Crippen molar-refractivity contribution in [3.63, 3.8) is 0 Å². The molecule has 0 unspecified atom stereocenters. The third kappa shape index (κ3) is 5.73. The fraction of sp³-hybridized carbons (Fsp3) is 0.458. The molecule has 1 atom stereocenters. The second kappa shape index (κ2) is 10.4. The summed E-state index contributed by atoms with van der Waals surface area (Å²) in [6.07, 6.45) is 0.702. The van der Waals surface area contributed by atoms with Gasteiger partial charge in [-0.1, -0.05) is 48.0 Å². The van der Waals surface area contributed by atoms with E-state index >= 15 is 0 Å². The van der Waals surface area contributed by atoms with E-state index in [-0.39, 0.29) is 11.9 Å². The van der Waals surface area contributed by atoms with Crippen molar-refractivity contribution < 1.29 is 13.2 Å². The minimum atomic E-state index is -3.52. The van der Waals surface area contributed by atoms with Crippen LogP contribution in [-0.4, -0.2) is 67.2 Å². The molecule has 1 aliphatic heterocycles. The van der Waals surface area contributed by atoms with Gasteiger partial charge in [0.25, 0.3) is 0 Å². The Labute approximate surface area is 186 Å². The first-order valence-corrected chi connectivity index (χ1v) is 12.4. The zero-order valence-electron chi connectivity index (χ0n) is 18.7. The average Bonchev–Trinajstić information content (AvgIpc) is 3.04. The molecular weight excluding hydrogens is 410 g/mol. The summed E-state index contributed by atoms with van der Waals surface area (Å²) in [5, 5.41) is 0. The van der Waals surface area contributed by atoms with Crippen LogP contribution in [0.2, 0.25) is 0 Å². The van der Waals surface area contributed by atoms with Crippen LogP contribution in [0.3, 0.4) is 0 Å². The molecule has 2 aromatic carbocycles. The normalized spacial score (nSPS) is 17.1. The molecule has 1 heterocycles. The number of hydrogen-bond donors (Lipinski definition) is 0. The van der Waals surface area contributed by atoms with Crippen LogP contribution in [0.5, 0.6) is 0 Å². The Balaban J connectivity index is 1.65. The minimum Gasteiger partial charge on any atom is -0.337 e. The lowest BCUT2D eigenvalue weighted by Gasteiger charge is -2.31. The van der Waals surface area contributed by atoms with Crippen molar-refractivity contribution in [3.05, 3.63) is 65.7 Å². The molecule has 0 N–H and O–H groups in total. The Bertz CT molecular complexity index is 961. The summed E-state index contributed by atoms with van der Waals surface area (Å²) in [5.74, 6) is 0.0844. The van der Waals surface area contributed by atoms with Gasteiger partial charge in [0.05, 0.1) is 10.9 Å². The van der Waals surface area contributed by atoms with Gasteiger partial charge in [0, 0.05) is 39.3 Å². The molecular formula is C24H33N3O3S. The number of sulfonamides is 1. The standard InChI is InChI=1S/C24H33N3O3S/c1-4-25(19-22-9-6-5-7-10-22)24(28)21(3)26-15-8-16-27(18-17-26)31(29,30)23-13-11-20(2)12-14-23/h5-7,9-14,21H,4,8,15-19H2,1-3H3/t21-/m0/s1. The first-order chi connectivity index (χ1) is 14.8. The van der Waals surface area contributed by atoms with Gasteiger partial charge >= 0.3 is 0 Å². The summed E-state index contributed by atoms with van der Waals surface area (Å²) in [6.45, 7) is 9.19. The fourth-order valence-corrected chi connectivity index (χ4v) is 5.44. The Morgan fingerprint density at radius 2 is 1.68 bits per heavy atom. The van der Waals surface area contributed by atoms with Crippen LogP contribution < -0.4 is 0 Å². The number of amides is 1. The Kier molecular flexibility index (Phi) is 7.86. The van der Waals surface area contributed by atoms with Gasteiger partial charge in [-0.25, -0.2) is 8.42 Å². The molecule has 31 heavy (non-hydrogen) atoms. The lowest BCUT2D eigenvalue weighted by atomic mass is 10.1. The smallest absolute Gasteiger partial charge is 0.243 e. The highest BCUT2D eigenvalue weighted by Gasteiger charge is 2.31. The Hall–Kier alpha value is -2.22. The van der Waals surface area contributed by atoms with Crippen LogP contribution in [-0.2, 0) is 21.4 Å². The summed E-state index contributed by atoms with van der Waals surface area (Å²) in [5.41, 5.74) is 2.14. The molecule has 3 rings (SSSR count). The van der Waals surface area contributed by atoms with E-state index in [0.29, 0.717) is 50.6 Å². The molecule has 0 spiro atoms. The second-order valence-corrected chi connectivity index (χ2v) is 10.1. The highest BCUT2D eigenvalue weighted by Crippen LogP contribution is 2.19. The zero-order chi connectivity index (χ0) is 22.4. The van der Waals surface area contributed by atoms with E-state index in [0.717, 1.165) is 11.1 Å². The van der Waals surface area contributed by atoms with Gasteiger partial charge in [-0.2, -0.15) is 4.31 Å². The molecule has 6 nitrogen and oxygen atoms in total. The van der Waals surface area contributed by atoms with Gasteiger partial charge in [-0.05, 0) is 44.9 Å². The molecule has 1 aliphatic rings. The number of hydrogen-bond acceptors (Lipinski definition) is 4. The third-order valence-electron chi connectivity index (χ3n) is 5.96. The third-order valence-corrected chi connectivity index (χ3v) is 7.88. The molecule has 0 saturated carbocycles. The van der Waals surface area contributed by atoms with Crippen molar-refractivity contribution in [2.45, 2.75) is 44.7 Å². The minimum absolute atomic E-state index is 0.0844. The van der Waals surface area contributed by atoms with Crippen molar-refractivity contribution in [1.29, 1.82) is 0 Å². The number of nitrogens with zero attached hydrogens (tertiary/aromatic N) is 3. The summed E-state index contributed by atoms with van der Waals surface area (Å²) < 4.78 is 27.7. The molecule has 1 saturated heterocycles. The number of carbonyl (C=O) groups is 1. The second-order valence-electron chi connectivity index (χ2n) is 8.12. The van der Waals surface area contributed by atoms with Gasteiger partial charge in [-0.15, -0.1) is 0 Å². The molecule has 1 amide bonds. The van der Waals surface area contributed by atoms with Gasteiger partial charge in [0.15, 0.2) is 0 Å². The average molecular weight is 444 g/mol. The Morgan fingerprint density at radius 1 is 1.00 bits per heavy atom. The van der Waals surface area contributed by atoms with E-state index < -0.39 is 10.0 Å². The molecule has 0 bridgehead atoms. The van der Waals surface area contributed by atoms with Crippen LogP contribution in [0.15, 0.2) is 59.5 Å². The topological polar surface area (TPSA) is 60.9 Å². The Morgan fingerprint density at radius 3 is 2.32 bits per heavy atom. The quantitative estimate of drug-likeness (QED) is 0.660. The first kappa shape index (κ1) is 23.4. The predicted molar refractivity (Wildman–Crippen MR) is 123 cm³/mol. The van der Waals surface area contributed by atoms with E-state index in [1.54, 1.807) is 16.4 Å². The highest BCUT2D eigenvalue weighted by atomic mass is 32.2. The largest absolute Gasteiger partial charge is 0.337 e. The van der Waals surface area contributed by atoms with E-state index in [1.165, 1.54) is 0 Å². The molecule has 0 aromatic heterocycles. The van der Waals surface area contributed by atoms with Crippen molar-refractivity contribution in [3.8, 4) is 0 Å². The maximum atomic E-state index is 13.2. The van der Waals surface area contributed by atoms with Gasteiger partial charge in [-0.3, -0.25) is 9.69 Å².